The summed E-state index contributed by atoms with van der Waals surface area (Å²) in [6.07, 6.45) is 1.28. The smallest absolute Gasteiger partial charge is 0.292 e. The van der Waals surface area contributed by atoms with E-state index in [1.54, 1.807) is 12.1 Å². The van der Waals surface area contributed by atoms with E-state index in [1.807, 2.05) is 6.07 Å². The van der Waals surface area contributed by atoms with Crippen molar-refractivity contribution in [2.45, 2.75) is 18.8 Å². The first-order chi connectivity index (χ1) is 13.3. The topological polar surface area (TPSA) is 75.3 Å². The van der Waals surface area contributed by atoms with Crippen molar-refractivity contribution in [3.63, 3.8) is 0 Å². The molecule has 2 aromatic rings. The molecular formula is C19H14Cl4N2O3. The molecule has 1 heterocycles. The van der Waals surface area contributed by atoms with Gasteiger partial charge >= 0.3 is 0 Å². The van der Waals surface area contributed by atoms with Crippen LogP contribution in [0.3, 0.4) is 0 Å². The average molecular weight is 460 g/mol. The number of aryl methyl sites for hydroxylation is 1. The zero-order valence-electron chi connectivity index (χ0n) is 14.3. The number of anilines is 1. The Morgan fingerprint density at radius 1 is 0.964 bits per heavy atom. The Morgan fingerprint density at radius 3 is 2.36 bits per heavy atom. The first-order valence-corrected chi connectivity index (χ1v) is 9.85. The number of carbonyl (C=O) groups is 3. The maximum absolute atomic E-state index is 12.6. The SMILES string of the molecule is O=C1Nc2cc(Cl)c(Cl)cc2C(C(=O)NCCCc2ccc(Cl)c(Cl)c2)C1=O. The number of Topliss-reactive ketones (excluding diaryl/α,β-unsaturated/α-hetero) is 1. The fourth-order valence-corrected chi connectivity index (χ4v) is 3.58. The van der Waals surface area contributed by atoms with Gasteiger partial charge in [-0.1, -0.05) is 52.5 Å². The Bertz CT molecular complexity index is 978. The van der Waals surface area contributed by atoms with Gasteiger partial charge in [0.15, 0.2) is 0 Å². The van der Waals surface area contributed by atoms with E-state index in [0.717, 1.165) is 5.56 Å². The van der Waals surface area contributed by atoms with Gasteiger partial charge in [-0.05, 0) is 48.2 Å². The lowest BCUT2D eigenvalue weighted by atomic mass is 9.88. The number of benzene rings is 2. The molecule has 0 bridgehead atoms. The number of carbonyl (C=O) groups excluding carboxylic acids is 3. The van der Waals surface area contributed by atoms with Crippen LogP contribution < -0.4 is 10.6 Å². The molecule has 5 nitrogen and oxygen atoms in total. The highest BCUT2D eigenvalue weighted by Crippen LogP contribution is 2.36. The Kier molecular flexibility index (Phi) is 6.50. The summed E-state index contributed by atoms with van der Waals surface area (Å²) >= 11 is 23.8. The number of nitrogens with one attached hydrogen (secondary N) is 2. The minimum absolute atomic E-state index is 0.196. The molecule has 1 aliphatic rings. The number of hydrogen-bond acceptors (Lipinski definition) is 3. The standard InChI is InChI=1S/C19H14Cl4N2O3/c20-11-4-3-9(6-12(11)21)2-1-5-24-18(27)16-10-7-13(22)14(23)8-15(10)25-19(28)17(16)26/h3-4,6-8,16H,1-2,5H2,(H,24,27)(H,25,28). The van der Waals surface area contributed by atoms with Crippen LogP contribution >= 0.6 is 46.4 Å². The zero-order valence-corrected chi connectivity index (χ0v) is 17.3. The largest absolute Gasteiger partial charge is 0.355 e. The molecule has 0 saturated heterocycles. The normalized spacial score (nSPS) is 15.8. The summed E-state index contributed by atoms with van der Waals surface area (Å²) in [6.45, 7) is 0.321. The number of rotatable bonds is 5. The van der Waals surface area contributed by atoms with E-state index < -0.39 is 23.5 Å². The van der Waals surface area contributed by atoms with Gasteiger partial charge in [0.05, 0.1) is 20.1 Å². The van der Waals surface area contributed by atoms with Crippen molar-refractivity contribution in [1.29, 1.82) is 0 Å². The molecule has 9 heteroatoms. The maximum atomic E-state index is 12.6. The summed E-state index contributed by atoms with van der Waals surface area (Å²) in [5.74, 6) is -3.52. The summed E-state index contributed by atoms with van der Waals surface area (Å²) in [5, 5.41) is 6.48. The van der Waals surface area contributed by atoms with Crippen LogP contribution in [0.5, 0.6) is 0 Å². The lowest BCUT2D eigenvalue weighted by Gasteiger charge is -2.24. The van der Waals surface area contributed by atoms with Crippen molar-refractivity contribution in [2.75, 3.05) is 11.9 Å². The van der Waals surface area contributed by atoms with Crippen LogP contribution in [0, 0.1) is 0 Å². The minimum Gasteiger partial charge on any atom is -0.355 e. The molecule has 1 unspecified atom stereocenters. The fourth-order valence-electron chi connectivity index (χ4n) is 2.93. The molecule has 0 aliphatic carbocycles. The number of hydrogen-bond donors (Lipinski definition) is 2. The van der Waals surface area contributed by atoms with Gasteiger partial charge in [0, 0.05) is 12.2 Å². The van der Waals surface area contributed by atoms with Crippen LogP contribution in [0.1, 0.15) is 23.5 Å². The summed E-state index contributed by atoms with van der Waals surface area (Å²) < 4.78 is 0. The fraction of sp³-hybridized carbons (Fsp3) is 0.211. The van der Waals surface area contributed by atoms with E-state index in [-0.39, 0.29) is 10.0 Å². The highest BCUT2D eigenvalue weighted by molar-refractivity contribution is 6.48. The third-order valence-electron chi connectivity index (χ3n) is 4.33. The Hall–Kier alpha value is -1.79. The van der Waals surface area contributed by atoms with Gasteiger partial charge in [-0.3, -0.25) is 14.4 Å². The quantitative estimate of drug-likeness (QED) is 0.388. The molecule has 0 fully saturated rings. The van der Waals surface area contributed by atoms with Crippen LogP contribution in [0.2, 0.25) is 20.1 Å². The average Bonchev–Trinajstić information content (AvgIpc) is 2.64. The number of fused-ring (bicyclic) bond motifs is 1. The zero-order chi connectivity index (χ0) is 20.4. The van der Waals surface area contributed by atoms with Gasteiger partial charge in [0.25, 0.3) is 5.91 Å². The van der Waals surface area contributed by atoms with Crippen LogP contribution in [-0.4, -0.2) is 24.1 Å². The third-order valence-corrected chi connectivity index (χ3v) is 5.79. The van der Waals surface area contributed by atoms with Crippen molar-refractivity contribution in [3.05, 3.63) is 61.5 Å². The van der Waals surface area contributed by atoms with Gasteiger partial charge in [-0.2, -0.15) is 0 Å². The summed E-state index contributed by atoms with van der Waals surface area (Å²) in [7, 11) is 0. The molecule has 2 aromatic carbocycles. The molecule has 0 saturated carbocycles. The highest BCUT2D eigenvalue weighted by atomic mass is 35.5. The van der Waals surface area contributed by atoms with Crippen LogP contribution in [0.25, 0.3) is 0 Å². The third kappa shape index (κ3) is 4.44. The molecule has 3 rings (SSSR count). The molecule has 146 valence electrons. The summed E-state index contributed by atoms with van der Waals surface area (Å²) in [6, 6.07) is 8.18. The van der Waals surface area contributed by atoms with E-state index in [4.69, 9.17) is 46.4 Å². The van der Waals surface area contributed by atoms with Crippen LogP contribution in [0.4, 0.5) is 5.69 Å². The molecule has 0 radical (unpaired) electrons. The molecule has 2 amide bonds. The van der Waals surface area contributed by atoms with Crippen LogP contribution in [0.15, 0.2) is 30.3 Å². The van der Waals surface area contributed by atoms with Gasteiger partial charge in [-0.25, -0.2) is 0 Å². The predicted molar refractivity (Wildman–Crippen MR) is 111 cm³/mol. The van der Waals surface area contributed by atoms with E-state index in [2.05, 4.69) is 10.6 Å². The number of halogens is 4. The number of ketones is 1. The second kappa shape index (κ2) is 8.70. The highest BCUT2D eigenvalue weighted by Gasteiger charge is 2.39. The van der Waals surface area contributed by atoms with E-state index in [1.165, 1.54) is 12.1 Å². The first-order valence-electron chi connectivity index (χ1n) is 8.33. The van der Waals surface area contributed by atoms with Gasteiger partial charge in [0.2, 0.25) is 11.7 Å². The van der Waals surface area contributed by atoms with Gasteiger partial charge in [0.1, 0.15) is 5.92 Å². The second-order valence-corrected chi connectivity index (χ2v) is 7.88. The van der Waals surface area contributed by atoms with Crippen molar-refractivity contribution in [3.8, 4) is 0 Å². The Balaban J connectivity index is 1.66. The summed E-state index contributed by atoms with van der Waals surface area (Å²) in [4.78, 5) is 36.8. The molecule has 0 aromatic heterocycles. The lowest BCUT2D eigenvalue weighted by molar-refractivity contribution is -0.139. The minimum atomic E-state index is -1.26. The van der Waals surface area contributed by atoms with E-state index in [9.17, 15) is 14.4 Å². The number of amides is 2. The van der Waals surface area contributed by atoms with Crippen molar-refractivity contribution < 1.29 is 14.4 Å². The van der Waals surface area contributed by atoms with Crippen LogP contribution in [-0.2, 0) is 20.8 Å². The molecular weight excluding hydrogens is 446 g/mol. The summed E-state index contributed by atoms with van der Waals surface area (Å²) in [5.41, 5.74) is 1.60. The lowest BCUT2D eigenvalue weighted by Crippen LogP contribution is -2.42. The van der Waals surface area contributed by atoms with Crippen molar-refractivity contribution >= 4 is 69.7 Å². The molecule has 28 heavy (non-hydrogen) atoms. The van der Waals surface area contributed by atoms with Crippen molar-refractivity contribution in [1.82, 2.24) is 5.32 Å². The molecule has 0 spiro atoms. The Labute approximate surface area is 181 Å². The maximum Gasteiger partial charge on any atom is 0.292 e. The van der Waals surface area contributed by atoms with Crippen molar-refractivity contribution in [2.24, 2.45) is 0 Å². The first kappa shape index (κ1) is 20.9. The van der Waals surface area contributed by atoms with Gasteiger partial charge in [-0.15, -0.1) is 0 Å². The predicted octanol–water partition coefficient (Wildman–Crippen LogP) is 4.65. The second-order valence-electron chi connectivity index (χ2n) is 6.25. The molecule has 1 atom stereocenters. The Morgan fingerprint density at radius 2 is 1.64 bits per heavy atom. The monoisotopic (exact) mass is 458 g/mol. The molecule has 2 N–H and O–H groups in total. The van der Waals surface area contributed by atoms with Gasteiger partial charge < -0.3 is 10.6 Å². The van der Waals surface area contributed by atoms with E-state index in [0.29, 0.717) is 40.7 Å². The van der Waals surface area contributed by atoms with E-state index >= 15 is 0 Å². The molecule has 1 aliphatic heterocycles.